The van der Waals surface area contributed by atoms with Gasteiger partial charge in [0.2, 0.25) is 5.91 Å². The molecule has 0 aliphatic heterocycles. The van der Waals surface area contributed by atoms with E-state index in [1.54, 1.807) is 18.2 Å². The molecule has 3 aromatic rings. The summed E-state index contributed by atoms with van der Waals surface area (Å²) in [4.78, 5) is 35.5. The quantitative estimate of drug-likeness (QED) is 0.546. The molecule has 3 rings (SSSR count). The van der Waals surface area contributed by atoms with Crippen LogP contribution in [-0.2, 0) is 6.54 Å². The van der Waals surface area contributed by atoms with Gasteiger partial charge >= 0.3 is 0 Å². The first-order chi connectivity index (χ1) is 15.1. The molecule has 11 heteroatoms. The Hall–Kier alpha value is -3.55. The van der Waals surface area contributed by atoms with Crippen LogP contribution in [0, 0.1) is 17.7 Å². The van der Waals surface area contributed by atoms with Crippen LogP contribution >= 0.6 is 22.9 Å². The van der Waals surface area contributed by atoms with Gasteiger partial charge in [-0.2, -0.15) is 0 Å². The zero-order chi connectivity index (χ0) is 23.4. The molecule has 0 radical (unpaired) electrons. The number of thiophene rings is 1. The Labute approximate surface area is 188 Å². The van der Waals surface area contributed by atoms with Gasteiger partial charge in [0.15, 0.2) is 5.82 Å². The van der Waals surface area contributed by atoms with Crippen molar-refractivity contribution in [1.82, 2.24) is 4.57 Å². The molecule has 0 saturated carbocycles. The number of nitrogens with two attached hydrogens (primary N) is 1. The summed E-state index contributed by atoms with van der Waals surface area (Å²) in [5, 5.41) is 2.34. The first-order valence-electron chi connectivity index (χ1n) is 8.84. The highest BCUT2D eigenvalue weighted by molar-refractivity contribution is 7.18. The van der Waals surface area contributed by atoms with Gasteiger partial charge in [0.25, 0.3) is 17.9 Å². The number of nitrogens with zero attached hydrogens (tertiary/aromatic N) is 1. The molecule has 0 aliphatic rings. The Balaban J connectivity index is 1.82. The van der Waals surface area contributed by atoms with Crippen LogP contribution in [0.2, 0.25) is 4.34 Å². The van der Waals surface area contributed by atoms with Crippen LogP contribution in [0.3, 0.4) is 0 Å². The molecule has 3 N–H and O–H groups in total. The number of halogens is 4. The first kappa shape index (κ1) is 23.1. The zero-order valence-corrected chi connectivity index (χ0v) is 17.6. The van der Waals surface area contributed by atoms with E-state index in [4.69, 9.17) is 17.3 Å². The number of anilines is 1. The molecule has 0 unspecified atom stereocenters. The molecule has 2 amide bonds. The topological polar surface area (TPSA) is 94.2 Å². The van der Waals surface area contributed by atoms with Gasteiger partial charge in [-0.05, 0) is 24.3 Å². The third-order valence-electron chi connectivity index (χ3n) is 4.03. The van der Waals surface area contributed by atoms with E-state index in [0.29, 0.717) is 15.7 Å². The molecular formula is C21H13ClF3N3O3S. The van der Waals surface area contributed by atoms with E-state index in [9.17, 15) is 27.6 Å². The summed E-state index contributed by atoms with van der Waals surface area (Å²) >= 11 is 7.04. The minimum Gasteiger partial charge on any atom is -0.366 e. The Kier molecular flexibility index (Phi) is 7.02. The molecule has 0 spiro atoms. The van der Waals surface area contributed by atoms with Crippen LogP contribution in [-0.4, -0.2) is 22.8 Å². The lowest BCUT2D eigenvalue weighted by Gasteiger charge is -2.09. The fraction of sp³-hybridized carbons (Fsp3) is 0.0952. The number of hydrogen-bond donors (Lipinski definition) is 2. The van der Waals surface area contributed by atoms with Gasteiger partial charge in [0.05, 0.1) is 22.7 Å². The van der Waals surface area contributed by atoms with E-state index in [1.807, 2.05) is 0 Å². The normalized spacial score (nSPS) is 10.5. The van der Waals surface area contributed by atoms with E-state index in [2.05, 4.69) is 17.2 Å². The molecule has 32 heavy (non-hydrogen) atoms. The van der Waals surface area contributed by atoms with E-state index >= 15 is 0 Å². The van der Waals surface area contributed by atoms with Gasteiger partial charge in [-0.3, -0.25) is 14.4 Å². The number of primary amides is 1. The molecule has 0 aliphatic carbocycles. The fourth-order valence-electron chi connectivity index (χ4n) is 2.60. The summed E-state index contributed by atoms with van der Waals surface area (Å²) in [7, 11) is 0. The van der Waals surface area contributed by atoms with Crippen LogP contribution in [0.1, 0.15) is 31.2 Å². The van der Waals surface area contributed by atoms with E-state index in [1.165, 1.54) is 12.1 Å². The van der Waals surface area contributed by atoms with E-state index < -0.39 is 36.2 Å². The number of rotatable bonds is 5. The monoisotopic (exact) mass is 479 g/mol. The third-order valence-corrected chi connectivity index (χ3v) is 5.39. The van der Waals surface area contributed by atoms with Crippen LogP contribution in [0.5, 0.6) is 0 Å². The number of amides is 2. The van der Waals surface area contributed by atoms with Gasteiger partial charge in [-0.1, -0.05) is 29.5 Å². The molecule has 164 valence electrons. The lowest BCUT2D eigenvalue weighted by molar-refractivity contribution is 0.0997. The largest absolute Gasteiger partial charge is 0.366 e. The number of nitrogens with one attached hydrogen (secondary N) is 1. The van der Waals surface area contributed by atoms with E-state index in [0.717, 1.165) is 23.6 Å². The highest BCUT2D eigenvalue weighted by atomic mass is 35.5. The number of benzene rings is 1. The Morgan fingerprint density at radius 2 is 1.97 bits per heavy atom. The van der Waals surface area contributed by atoms with Crippen molar-refractivity contribution in [2.75, 3.05) is 5.32 Å². The highest BCUT2D eigenvalue weighted by Crippen LogP contribution is 2.28. The summed E-state index contributed by atoms with van der Waals surface area (Å²) in [5.41, 5.74) is 4.96. The van der Waals surface area contributed by atoms with Gasteiger partial charge in [-0.15, -0.1) is 11.3 Å². The predicted octanol–water partition coefficient (Wildman–Crippen LogP) is 3.72. The molecule has 6 nitrogen and oxygen atoms in total. The number of hydrogen-bond acceptors (Lipinski definition) is 4. The highest BCUT2D eigenvalue weighted by Gasteiger charge is 2.16. The average Bonchev–Trinajstić information content (AvgIpc) is 3.10. The summed E-state index contributed by atoms with van der Waals surface area (Å²) < 4.78 is 39.6. The second-order valence-corrected chi connectivity index (χ2v) is 8.03. The van der Waals surface area contributed by atoms with Crippen LogP contribution in [0.15, 0.2) is 47.4 Å². The second-order valence-electron chi connectivity index (χ2n) is 6.37. The molecule has 2 heterocycles. The minimum absolute atomic E-state index is 0.122. The fourth-order valence-corrected chi connectivity index (χ4v) is 3.68. The first-order valence-corrected chi connectivity index (χ1v) is 10.0. The standard InChI is InChI=1S/C21H13ClF3N3O3S/c22-18-12(5-4-11-2-1-3-13(6-11)19(26)29)7-16(32-18)20(30)27-14-8-15(23)21(31)28(9-14)10-17(24)25/h1-3,6-9,17H,10H2,(H2,26,29)(H,27,30). The molecule has 0 saturated heterocycles. The SMILES string of the molecule is NC(=O)c1cccc(C#Cc2cc(C(=O)Nc3cc(F)c(=O)n(CC(F)F)c3)sc2Cl)c1. The summed E-state index contributed by atoms with van der Waals surface area (Å²) in [5.74, 6) is 3.03. The molecular weight excluding hydrogens is 467 g/mol. The molecule has 0 bridgehead atoms. The van der Waals surface area contributed by atoms with Crippen molar-refractivity contribution in [2.45, 2.75) is 13.0 Å². The molecule has 0 atom stereocenters. The maximum atomic E-state index is 13.8. The van der Waals surface area contributed by atoms with Crippen LogP contribution in [0.25, 0.3) is 0 Å². The van der Waals surface area contributed by atoms with Crippen LogP contribution in [0.4, 0.5) is 18.9 Å². The maximum Gasteiger partial charge on any atom is 0.286 e. The van der Waals surface area contributed by atoms with E-state index in [-0.39, 0.29) is 20.5 Å². The van der Waals surface area contributed by atoms with Crippen molar-refractivity contribution < 1.29 is 22.8 Å². The number of carbonyl (C=O) groups is 2. The average molecular weight is 480 g/mol. The van der Waals surface area contributed by atoms with Crippen molar-refractivity contribution in [1.29, 1.82) is 0 Å². The number of aromatic nitrogens is 1. The van der Waals surface area contributed by atoms with Crippen molar-refractivity contribution in [3.8, 4) is 11.8 Å². The molecule has 0 fully saturated rings. The summed E-state index contributed by atoms with van der Waals surface area (Å²) in [6.07, 6.45) is -1.95. The summed E-state index contributed by atoms with van der Waals surface area (Å²) in [6.45, 7) is -1.01. The third kappa shape index (κ3) is 5.57. The lowest BCUT2D eigenvalue weighted by atomic mass is 10.1. The van der Waals surface area contributed by atoms with Gasteiger partial charge in [0, 0.05) is 23.4 Å². The maximum absolute atomic E-state index is 13.8. The van der Waals surface area contributed by atoms with Gasteiger partial charge < -0.3 is 15.6 Å². The predicted molar refractivity (Wildman–Crippen MR) is 115 cm³/mol. The van der Waals surface area contributed by atoms with Crippen LogP contribution < -0.4 is 16.6 Å². The molecule has 2 aromatic heterocycles. The number of alkyl halides is 2. The summed E-state index contributed by atoms with van der Waals surface area (Å²) in [6, 6.07) is 8.47. The van der Waals surface area contributed by atoms with Crippen molar-refractivity contribution in [3.63, 3.8) is 0 Å². The van der Waals surface area contributed by atoms with Gasteiger partial charge in [-0.25, -0.2) is 13.2 Å². The zero-order valence-electron chi connectivity index (χ0n) is 16.0. The van der Waals surface area contributed by atoms with Crippen molar-refractivity contribution in [3.05, 3.63) is 84.7 Å². The van der Waals surface area contributed by atoms with Crippen molar-refractivity contribution >= 4 is 40.4 Å². The number of carbonyl (C=O) groups excluding carboxylic acids is 2. The smallest absolute Gasteiger partial charge is 0.286 e. The molecule has 1 aromatic carbocycles. The Morgan fingerprint density at radius 1 is 1.22 bits per heavy atom. The van der Waals surface area contributed by atoms with Gasteiger partial charge in [0.1, 0.15) is 4.34 Å². The lowest BCUT2D eigenvalue weighted by Crippen LogP contribution is -2.26. The minimum atomic E-state index is -2.88. The Bertz CT molecular complexity index is 1330. The number of pyridine rings is 1. The second kappa shape index (κ2) is 9.72. The van der Waals surface area contributed by atoms with Crippen molar-refractivity contribution in [2.24, 2.45) is 5.73 Å². The Morgan fingerprint density at radius 3 is 2.66 bits per heavy atom.